The molecule has 0 bridgehead atoms. The van der Waals surface area contributed by atoms with Crippen molar-refractivity contribution in [2.24, 2.45) is 0 Å². The Hall–Kier alpha value is 2.62. The summed E-state index contributed by atoms with van der Waals surface area (Å²) >= 11 is -11.5. The van der Waals surface area contributed by atoms with Crippen LogP contribution in [0.4, 0.5) is 0 Å². The van der Waals surface area contributed by atoms with E-state index >= 15 is 0 Å². The topological polar surface area (TPSA) is 155 Å². The third-order valence-electron chi connectivity index (χ3n) is 0. The second-order valence-corrected chi connectivity index (χ2v) is 5.74. The fraction of sp³-hybridized carbons (Fsp3) is 0. The van der Waals surface area contributed by atoms with Crippen molar-refractivity contribution in [3.05, 3.63) is 0 Å². The molecule has 8 nitrogen and oxygen atoms in total. The molecule has 12 heteroatoms. The zero-order chi connectivity index (χ0) is 9.00. The van der Waals surface area contributed by atoms with Gasteiger partial charge in [0.1, 0.15) is 0 Å². The van der Waals surface area contributed by atoms with Gasteiger partial charge in [0, 0.05) is 0 Å². The van der Waals surface area contributed by atoms with Crippen molar-refractivity contribution < 1.29 is 85.4 Å². The Morgan fingerprint density at radius 3 is 0.833 bits per heavy atom. The third-order valence-corrected chi connectivity index (χ3v) is 0. The summed E-state index contributed by atoms with van der Waals surface area (Å²) in [6, 6.07) is 0. The summed E-state index contributed by atoms with van der Waals surface area (Å²) in [4.78, 5) is 0. The molecule has 0 aromatic rings. The van der Waals surface area contributed by atoms with E-state index in [-0.39, 0.29) is 59.1 Å². The Bertz CT molecular complexity index is 211. The van der Waals surface area contributed by atoms with Crippen LogP contribution in [0.1, 0.15) is 0 Å². The summed E-state index contributed by atoms with van der Waals surface area (Å²) in [5.74, 6) is 0. The molecule has 0 aromatic heterocycles. The predicted octanol–water partition coefficient (Wildman–Crippen LogP) is -10.7. The largest absolute Gasteiger partial charge is 1.00 e. The van der Waals surface area contributed by atoms with E-state index in [0.717, 1.165) is 0 Å². The van der Waals surface area contributed by atoms with Crippen molar-refractivity contribution in [3.63, 3.8) is 0 Å². The number of hydrogen-bond acceptors (Lipinski definition) is 6. The van der Waals surface area contributed by atoms with Gasteiger partial charge in [-0.05, 0) is 0 Å². The predicted molar refractivity (Wildman–Crippen MR) is 18.7 cm³/mol. The van der Waals surface area contributed by atoms with E-state index in [1.54, 1.807) is 0 Å². The van der Waals surface area contributed by atoms with Crippen LogP contribution in [-0.2, 0) is 12.4 Å². The molecule has 64 valence electrons. The Morgan fingerprint density at radius 1 is 0.833 bits per heavy atom. The minimum Gasteiger partial charge on any atom is 1.00 e. The van der Waals surface area contributed by atoms with Crippen LogP contribution in [-0.4, -0.2) is 44.9 Å². The SMILES string of the molecule is O=[Te](=O)(O)O.O=[Te](=O)([O-])[O-].[Na+].[Na+]. The van der Waals surface area contributed by atoms with Crippen molar-refractivity contribution in [2.45, 2.75) is 0 Å². The molecule has 0 spiro atoms. The van der Waals surface area contributed by atoms with Crippen LogP contribution in [0.3, 0.4) is 0 Å². The van der Waals surface area contributed by atoms with Crippen molar-refractivity contribution in [2.75, 3.05) is 0 Å². The monoisotopic (exact) mass is 436 g/mol. The number of rotatable bonds is 0. The third kappa shape index (κ3) is 248. The molecule has 2 N–H and O–H groups in total. The molecule has 0 aromatic carbocycles. The molecular formula is H2Na2O8Te2. The van der Waals surface area contributed by atoms with Gasteiger partial charge in [-0.1, -0.05) is 0 Å². The second kappa shape index (κ2) is 10.1. The number of hydrogen-bond donors (Lipinski definition) is 2. The maximum absolute atomic E-state index is 8.85. The molecule has 0 saturated heterocycles. The molecule has 0 saturated carbocycles. The summed E-state index contributed by atoms with van der Waals surface area (Å²) < 4.78 is 66.5. The van der Waals surface area contributed by atoms with Gasteiger partial charge in [0.2, 0.25) is 0 Å². The fourth-order valence-electron chi connectivity index (χ4n) is 0. The minimum absolute atomic E-state index is 0. The van der Waals surface area contributed by atoms with Crippen molar-refractivity contribution in [3.8, 4) is 0 Å². The van der Waals surface area contributed by atoms with E-state index in [9.17, 15) is 0 Å². The molecular weight excluding hydrogens is 429 g/mol. The Morgan fingerprint density at radius 2 is 0.833 bits per heavy atom. The van der Waals surface area contributed by atoms with Crippen LogP contribution in [0, 0.1) is 0 Å². The molecule has 0 aliphatic carbocycles. The van der Waals surface area contributed by atoms with E-state index in [4.69, 9.17) is 26.3 Å². The first-order valence-corrected chi connectivity index (χ1v) is 9.16. The zero-order valence-electron chi connectivity index (χ0n) is 6.16. The maximum Gasteiger partial charge on any atom is 1.00 e. The van der Waals surface area contributed by atoms with Crippen LogP contribution >= 0.6 is 0 Å². The molecule has 0 atom stereocenters. The fourth-order valence-corrected chi connectivity index (χ4v) is 0. The van der Waals surface area contributed by atoms with Crippen molar-refractivity contribution in [1.82, 2.24) is 0 Å². The Labute approximate surface area is 121 Å². The van der Waals surface area contributed by atoms with Gasteiger partial charge in [0.05, 0.1) is 0 Å². The molecule has 0 amide bonds. The van der Waals surface area contributed by atoms with Gasteiger partial charge in [-0.3, -0.25) is 0 Å². The summed E-state index contributed by atoms with van der Waals surface area (Å²) in [6.45, 7) is 0. The molecule has 0 aliphatic rings. The van der Waals surface area contributed by atoms with Gasteiger partial charge in [-0.25, -0.2) is 0 Å². The first kappa shape index (κ1) is 24.0. The zero-order valence-corrected chi connectivity index (χ0v) is 14.8. The van der Waals surface area contributed by atoms with Gasteiger partial charge in [0.15, 0.2) is 0 Å². The summed E-state index contributed by atoms with van der Waals surface area (Å²) in [5.41, 5.74) is 0. The van der Waals surface area contributed by atoms with E-state index < -0.39 is 37.9 Å². The molecule has 12 heavy (non-hydrogen) atoms. The smallest absolute Gasteiger partial charge is 1.00 e. The maximum atomic E-state index is 8.85. The summed E-state index contributed by atoms with van der Waals surface area (Å²) in [7, 11) is 0. The summed E-state index contributed by atoms with van der Waals surface area (Å²) in [5, 5.41) is 0. The van der Waals surface area contributed by atoms with Gasteiger partial charge in [-0.15, -0.1) is 0 Å². The van der Waals surface area contributed by atoms with Crippen LogP contribution in [0.25, 0.3) is 0 Å². The molecule has 0 fully saturated rings. The molecule has 0 aliphatic heterocycles. The van der Waals surface area contributed by atoms with Crippen LogP contribution in [0.15, 0.2) is 0 Å². The minimum atomic E-state index is -6.02. The second-order valence-electron chi connectivity index (χ2n) is 0.856. The van der Waals surface area contributed by atoms with E-state index in [0.29, 0.717) is 0 Å². The average molecular weight is 431 g/mol. The van der Waals surface area contributed by atoms with Gasteiger partial charge >= 0.3 is 123 Å². The molecule has 0 heterocycles. The molecule has 0 rings (SSSR count). The van der Waals surface area contributed by atoms with Gasteiger partial charge in [0.25, 0.3) is 0 Å². The van der Waals surface area contributed by atoms with E-state index in [2.05, 4.69) is 0 Å². The normalized spacial score (nSPS) is 9.67. The van der Waals surface area contributed by atoms with E-state index in [1.807, 2.05) is 0 Å². The Balaban J connectivity index is -0.0000000457. The quantitative estimate of drug-likeness (QED) is 0.359. The van der Waals surface area contributed by atoms with Crippen LogP contribution in [0.5, 0.6) is 0 Å². The van der Waals surface area contributed by atoms with E-state index in [1.165, 1.54) is 0 Å². The average Bonchev–Trinajstić information content (AvgIpc) is 1.12. The standard InChI is InChI=1S/2Na.2H2O4Te/c;;2*1-5(2,3)4/h;;2*(H2,1,2,3,4)/q2*+1;;/p-2. The van der Waals surface area contributed by atoms with Crippen molar-refractivity contribution in [1.29, 1.82) is 0 Å². The van der Waals surface area contributed by atoms with Gasteiger partial charge in [-0.2, -0.15) is 0 Å². The molecule has 0 radical (unpaired) electrons. The van der Waals surface area contributed by atoms with Crippen LogP contribution < -0.4 is 66.1 Å². The first-order valence-electron chi connectivity index (χ1n) is 1.37. The Kier molecular flexibility index (Phi) is 20.3. The van der Waals surface area contributed by atoms with Crippen LogP contribution in [0.2, 0.25) is 0 Å². The van der Waals surface area contributed by atoms with Crippen molar-refractivity contribution >= 4 is 37.9 Å². The van der Waals surface area contributed by atoms with Gasteiger partial charge < -0.3 is 0 Å². The first-order chi connectivity index (χ1) is 4.00. The summed E-state index contributed by atoms with van der Waals surface area (Å²) in [6.07, 6.45) is 0. The molecule has 0 unspecified atom stereocenters.